The van der Waals surface area contributed by atoms with Crippen LogP contribution in [0.3, 0.4) is 0 Å². The van der Waals surface area contributed by atoms with E-state index in [2.05, 4.69) is 11.4 Å². The molecule has 1 spiro atoms. The van der Waals surface area contributed by atoms with Gasteiger partial charge in [-0.2, -0.15) is 0 Å². The highest BCUT2D eigenvalue weighted by molar-refractivity contribution is 5.84. The van der Waals surface area contributed by atoms with Crippen LogP contribution in [-0.2, 0) is 10.2 Å². The number of anilines is 1. The Morgan fingerprint density at radius 3 is 2.65 bits per heavy atom. The molecule has 1 saturated carbocycles. The fourth-order valence-corrected chi connectivity index (χ4v) is 3.53. The Morgan fingerprint density at radius 1 is 1.24 bits per heavy atom. The molecule has 1 unspecified atom stereocenters. The van der Waals surface area contributed by atoms with E-state index in [9.17, 15) is 9.90 Å². The minimum absolute atomic E-state index is 0.166. The largest absolute Gasteiger partial charge is 0.480 e. The summed E-state index contributed by atoms with van der Waals surface area (Å²) in [5, 5.41) is 12.6. The number of hydrogen-bond acceptors (Lipinski definition) is 2. The number of carbonyl (C=O) groups is 1. The number of rotatable bonds is 1. The zero-order chi connectivity index (χ0) is 11.9. The van der Waals surface area contributed by atoms with Gasteiger partial charge in [-0.1, -0.05) is 37.5 Å². The van der Waals surface area contributed by atoms with E-state index in [4.69, 9.17) is 0 Å². The summed E-state index contributed by atoms with van der Waals surface area (Å²) in [6.07, 6.45) is 5.50. The number of aliphatic carboxylic acids is 1. The molecule has 1 aromatic carbocycles. The van der Waals surface area contributed by atoms with Crippen LogP contribution < -0.4 is 5.32 Å². The third-order valence-electron chi connectivity index (χ3n) is 4.31. The van der Waals surface area contributed by atoms with E-state index >= 15 is 0 Å². The van der Waals surface area contributed by atoms with Crippen LogP contribution in [0.4, 0.5) is 5.69 Å². The van der Waals surface area contributed by atoms with Crippen molar-refractivity contribution in [1.82, 2.24) is 0 Å². The predicted molar refractivity (Wildman–Crippen MR) is 66.3 cm³/mol. The zero-order valence-electron chi connectivity index (χ0n) is 9.78. The molecule has 3 nitrogen and oxygen atoms in total. The molecule has 2 aliphatic rings. The predicted octanol–water partition coefficient (Wildman–Crippen LogP) is 2.77. The Balaban J connectivity index is 2.10. The van der Waals surface area contributed by atoms with Crippen molar-refractivity contribution in [3.05, 3.63) is 29.8 Å². The topological polar surface area (TPSA) is 49.3 Å². The number of nitrogens with one attached hydrogen (secondary N) is 1. The second kappa shape index (κ2) is 3.76. The van der Waals surface area contributed by atoms with Crippen molar-refractivity contribution in [1.29, 1.82) is 0 Å². The lowest BCUT2D eigenvalue weighted by atomic mass is 9.66. The molecule has 1 aliphatic carbocycles. The molecular formula is C14H17NO2. The Hall–Kier alpha value is -1.51. The van der Waals surface area contributed by atoms with Crippen LogP contribution in [0.25, 0.3) is 0 Å². The van der Waals surface area contributed by atoms with Gasteiger partial charge in [0.05, 0.1) is 0 Å². The first-order valence-corrected chi connectivity index (χ1v) is 6.33. The highest BCUT2D eigenvalue weighted by atomic mass is 16.4. The van der Waals surface area contributed by atoms with Gasteiger partial charge < -0.3 is 10.4 Å². The van der Waals surface area contributed by atoms with E-state index in [-0.39, 0.29) is 5.41 Å². The molecule has 0 saturated heterocycles. The Labute approximate surface area is 101 Å². The maximum absolute atomic E-state index is 11.5. The quantitative estimate of drug-likeness (QED) is 0.781. The lowest BCUT2D eigenvalue weighted by molar-refractivity contribution is -0.139. The van der Waals surface area contributed by atoms with Crippen LogP contribution >= 0.6 is 0 Å². The lowest BCUT2D eigenvalue weighted by Crippen LogP contribution is -2.45. The molecule has 0 aromatic heterocycles. The normalized spacial score (nSPS) is 25.3. The average molecular weight is 231 g/mol. The molecule has 1 aromatic rings. The van der Waals surface area contributed by atoms with E-state index in [0.717, 1.165) is 31.4 Å². The maximum Gasteiger partial charge on any atom is 0.327 e. The highest BCUT2D eigenvalue weighted by Gasteiger charge is 2.50. The molecule has 17 heavy (non-hydrogen) atoms. The van der Waals surface area contributed by atoms with E-state index in [1.807, 2.05) is 18.2 Å². The number of hydrogen-bond donors (Lipinski definition) is 2. The fourth-order valence-electron chi connectivity index (χ4n) is 3.53. The molecule has 0 radical (unpaired) electrons. The summed E-state index contributed by atoms with van der Waals surface area (Å²) < 4.78 is 0. The first-order valence-electron chi connectivity index (χ1n) is 6.33. The summed E-state index contributed by atoms with van der Waals surface area (Å²) in [6.45, 7) is 0. The lowest BCUT2D eigenvalue weighted by Gasteiger charge is -2.37. The number of benzene rings is 1. The maximum atomic E-state index is 11.5. The number of carboxylic acids is 1. The Kier molecular flexibility index (Phi) is 2.35. The van der Waals surface area contributed by atoms with Gasteiger partial charge in [-0.15, -0.1) is 0 Å². The van der Waals surface area contributed by atoms with Crippen LogP contribution in [0, 0.1) is 0 Å². The van der Waals surface area contributed by atoms with E-state index < -0.39 is 12.0 Å². The minimum atomic E-state index is -0.719. The van der Waals surface area contributed by atoms with Gasteiger partial charge in [0.25, 0.3) is 0 Å². The second-order valence-electron chi connectivity index (χ2n) is 5.18. The van der Waals surface area contributed by atoms with Crippen LogP contribution in [0.15, 0.2) is 24.3 Å². The number of carboxylic acid groups (broad SMARTS) is 1. The monoisotopic (exact) mass is 231 g/mol. The summed E-state index contributed by atoms with van der Waals surface area (Å²) in [6, 6.07) is 7.62. The molecular weight excluding hydrogens is 214 g/mol. The van der Waals surface area contributed by atoms with Gasteiger partial charge in [0, 0.05) is 11.1 Å². The molecule has 90 valence electrons. The second-order valence-corrected chi connectivity index (χ2v) is 5.18. The Morgan fingerprint density at radius 2 is 1.94 bits per heavy atom. The van der Waals surface area contributed by atoms with Crippen LogP contribution in [0.5, 0.6) is 0 Å². The van der Waals surface area contributed by atoms with Crippen LogP contribution in [0.2, 0.25) is 0 Å². The van der Waals surface area contributed by atoms with Crippen LogP contribution in [0.1, 0.15) is 37.7 Å². The van der Waals surface area contributed by atoms with Gasteiger partial charge in [-0.25, -0.2) is 4.79 Å². The summed E-state index contributed by atoms with van der Waals surface area (Å²) in [5.41, 5.74) is 2.06. The van der Waals surface area contributed by atoms with Crippen molar-refractivity contribution in [3.63, 3.8) is 0 Å². The average Bonchev–Trinajstić information content (AvgIpc) is 2.66. The van der Waals surface area contributed by atoms with Crippen molar-refractivity contribution in [2.45, 2.75) is 43.6 Å². The van der Waals surface area contributed by atoms with Crippen molar-refractivity contribution in [2.24, 2.45) is 0 Å². The molecule has 1 heterocycles. The Bertz CT molecular complexity index is 449. The zero-order valence-corrected chi connectivity index (χ0v) is 9.78. The number of fused-ring (bicyclic) bond motifs is 2. The van der Waals surface area contributed by atoms with Gasteiger partial charge in [0.1, 0.15) is 6.04 Å². The molecule has 3 rings (SSSR count). The number of para-hydroxylation sites is 1. The molecule has 1 atom stereocenters. The minimum Gasteiger partial charge on any atom is -0.480 e. The van der Waals surface area contributed by atoms with Crippen LogP contribution in [-0.4, -0.2) is 17.1 Å². The van der Waals surface area contributed by atoms with Gasteiger partial charge in [-0.3, -0.25) is 0 Å². The van der Waals surface area contributed by atoms with Gasteiger partial charge in [0.15, 0.2) is 0 Å². The molecule has 1 fully saturated rings. The summed E-state index contributed by atoms with van der Waals surface area (Å²) in [4.78, 5) is 11.5. The van der Waals surface area contributed by atoms with Crippen molar-refractivity contribution in [3.8, 4) is 0 Å². The third-order valence-corrected chi connectivity index (χ3v) is 4.31. The first kappa shape index (κ1) is 10.6. The van der Waals surface area contributed by atoms with E-state index in [1.54, 1.807) is 0 Å². The standard InChI is InChI=1S/C14H17NO2/c16-13(17)12-14(8-4-1-5-9-14)10-6-2-3-7-11(10)15-12/h2-3,6-7,12,15H,1,4-5,8-9H2,(H,16,17). The fraction of sp³-hybridized carbons (Fsp3) is 0.500. The smallest absolute Gasteiger partial charge is 0.327 e. The third kappa shape index (κ3) is 1.45. The molecule has 3 heteroatoms. The summed E-state index contributed by atoms with van der Waals surface area (Å²) in [5.74, 6) is -0.719. The highest BCUT2D eigenvalue weighted by Crippen LogP contribution is 2.50. The van der Waals surface area contributed by atoms with Crippen molar-refractivity contribution < 1.29 is 9.90 Å². The van der Waals surface area contributed by atoms with E-state index in [1.165, 1.54) is 12.0 Å². The first-order chi connectivity index (χ1) is 8.24. The van der Waals surface area contributed by atoms with Crippen molar-refractivity contribution in [2.75, 3.05) is 5.32 Å². The van der Waals surface area contributed by atoms with Crippen molar-refractivity contribution >= 4 is 11.7 Å². The molecule has 2 N–H and O–H groups in total. The van der Waals surface area contributed by atoms with E-state index in [0.29, 0.717) is 0 Å². The molecule has 1 aliphatic heterocycles. The SMILES string of the molecule is O=C(O)C1Nc2ccccc2C12CCCCC2. The molecule has 0 bridgehead atoms. The van der Waals surface area contributed by atoms with Gasteiger partial charge in [-0.05, 0) is 24.5 Å². The summed E-state index contributed by atoms with van der Waals surface area (Å²) in [7, 11) is 0. The van der Waals surface area contributed by atoms with Gasteiger partial charge >= 0.3 is 5.97 Å². The molecule has 0 amide bonds. The van der Waals surface area contributed by atoms with Gasteiger partial charge in [0.2, 0.25) is 0 Å². The summed E-state index contributed by atoms with van der Waals surface area (Å²) >= 11 is 0.